The molecule has 5 heteroatoms. The van der Waals surface area contributed by atoms with E-state index in [-0.39, 0.29) is 5.91 Å². The van der Waals surface area contributed by atoms with Crippen LogP contribution in [0.4, 0.5) is 0 Å². The molecule has 0 spiro atoms. The third-order valence-electron chi connectivity index (χ3n) is 3.88. The van der Waals surface area contributed by atoms with Gasteiger partial charge >= 0.3 is 0 Å². The fraction of sp³-hybridized carbons (Fsp3) is 0.867. The summed E-state index contributed by atoms with van der Waals surface area (Å²) in [5, 5.41) is 3.09. The van der Waals surface area contributed by atoms with Gasteiger partial charge in [-0.1, -0.05) is 51.2 Å². The van der Waals surface area contributed by atoms with E-state index in [1.54, 1.807) is 0 Å². The van der Waals surface area contributed by atoms with Crippen LogP contribution in [-0.4, -0.2) is 29.6 Å². The highest BCUT2D eigenvalue weighted by Gasteiger charge is 2.34. The quantitative estimate of drug-likeness (QED) is 0.560. The van der Waals surface area contributed by atoms with Crippen molar-refractivity contribution < 1.29 is 9.53 Å². The highest BCUT2D eigenvalue weighted by molar-refractivity contribution is 7.80. The van der Waals surface area contributed by atoms with Gasteiger partial charge in [-0.2, -0.15) is 0 Å². The Kier molecular flexibility index (Phi) is 8.07. The number of nitrogens with two attached hydrogens (primary N) is 1. The Bertz CT molecular complexity index is 313. The number of rotatable bonds is 7. The lowest BCUT2D eigenvalue weighted by Crippen LogP contribution is -2.57. The molecule has 0 aromatic rings. The molecular weight excluding hydrogens is 272 g/mol. The summed E-state index contributed by atoms with van der Waals surface area (Å²) in [4.78, 5) is 12.5. The van der Waals surface area contributed by atoms with Crippen molar-refractivity contribution in [3.63, 3.8) is 0 Å². The highest BCUT2D eigenvalue weighted by Crippen LogP contribution is 2.27. The molecule has 3 N–H and O–H groups in total. The standard InChI is InChI=1S/C15H28N2O2S/c1-2-11-19-12-8-13(18)17-15(14(16)20)9-6-4-3-5-7-10-15/h2-12H2,1H3,(H2,16,20)(H,17,18). The molecule has 116 valence electrons. The minimum absolute atomic E-state index is 0.00511. The molecule has 1 saturated carbocycles. The summed E-state index contributed by atoms with van der Waals surface area (Å²) in [6, 6.07) is 0. The predicted molar refractivity (Wildman–Crippen MR) is 85.7 cm³/mol. The summed E-state index contributed by atoms with van der Waals surface area (Å²) in [7, 11) is 0. The SMILES string of the molecule is CCCOCCC(=O)NC1(C(N)=S)CCCCCCC1. The van der Waals surface area contributed by atoms with Gasteiger partial charge in [0.1, 0.15) is 0 Å². The summed E-state index contributed by atoms with van der Waals surface area (Å²) in [6.07, 6.45) is 8.89. The van der Waals surface area contributed by atoms with E-state index in [4.69, 9.17) is 22.7 Å². The molecule has 1 aliphatic rings. The first-order valence-corrected chi connectivity index (χ1v) is 8.20. The van der Waals surface area contributed by atoms with E-state index in [0.29, 0.717) is 24.6 Å². The topological polar surface area (TPSA) is 64.3 Å². The maximum absolute atomic E-state index is 12.1. The number of hydrogen-bond acceptors (Lipinski definition) is 3. The van der Waals surface area contributed by atoms with Gasteiger partial charge < -0.3 is 15.8 Å². The molecule has 0 saturated heterocycles. The molecule has 0 aromatic carbocycles. The summed E-state index contributed by atoms with van der Waals surface area (Å²) >= 11 is 5.24. The van der Waals surface area contributed by atoms with Crippen LogP contribution in [0, 0.1) is 0 Å². The normalized spacial score (nSPS) is 18.9. The molecule has 1 amide bonds. The van der Waals surface area contributed by atoms with Crippen LogP contribution in [0.2, 0.25) is 0 Å². The molecule has 0 heterocycles. The summed E-state index contributed by atoms with van der Waals surface area (Å²) in [5.41, 5.74) is 5.46. The minimum atomic E-state index is -0.475. The zero-order valence-corrected chi connectivity index (χ0v) is 13.4. The minimum Gasteiger partial charge on any atom is -0.391 e. The van der Waals surface area contributed by atoms with Crippen molar-refractivity contribution in [2.24, 2.45) is 5.73 Å². The van der Waals surface area contributed by atoms with Gasteiger partial charge in [0, 0.05) is 13.0 Å². The van der Waals surface area contributed by atoms with Crippen LogP contribution in [0.3, 0.4) is 0 Å². The second kappa shape index (κ2) is 9.29. The molecule has 0 bridgehead atoms. The van der Waals surface area contributed by atoms with E-state index in [1.165, 1.54) is 19.3 Å². The number of ether oxygens (including phenoxy) is 1. The monoisotopic (exact) mass is 300 g/mol. The van der Waals surface area contributed by atoms with Gasteiger partial charge in [0.05, 0.1) is 17.1 Å². The van der Waals surface area contributed by atoms with E-state index in [0.717, 1.165) is 32.1 Å². The fourth-order valence-electron chi connectivity index (χ4n) is 2.68. The Balaban J connectivity index is 2.51. The zero-order chi connectivity index (χ0) is 14.8. The lowest BCUT2D eigenvalue weighted by atomic mass is 9.83. The van der Waals surface area contributed by atoms with Crippen LogP contribution in [0.15, 0.2) is 0 Å². The average Bonchev–Trinajstić information content (AvgIpc) is 2.38. The Morgan fingerprint density at radius 2 is 1.80 bits per heavy atom. The van der Waals surface area contributed by atoms with Crippen molar-refractivity contribution in [3.8, 4) is 0 Å². The largest absolute Gasteiger partial charge is 0.391 e. The number of hydrogen-bond donors (Lipinski definition) is 2. The van der Waals surface area contributed by atoms with Gasteiger partial charge in [-0.05, 0) is 19.3 Å². The molecule has 0 atom stereocenters. The molecule has 0 aromatic heterocycles. The van der Waals surface area contributed by atoms with Crippen LogP contribution in [-0.2, 0) is 9.53 Å². The van der Waals surface area contributed by atoms with Gasteiger partial charge in [-0.3, -0.25) is 4.79 Å². The lowest BCUT2D eigenvalue weighted by Gasteiger charge is -2.35. The van der Waals surface area contributed by atoms with Crippen LogP contribution in [0.5, 0.6) is 0 Å². The molecule has 20 heavy (non-hydrogen) atoms. The van der Waals surface area contributed by atoms with Gasteiger partial charge in [0.25, 0.3) is 0 Å². The molecule has 1 aliphatic carbocycles. The second-order valence-electron chi connectivity index (χ2n) is 5.62. The smallest absolute Gasteiger partial charge is 0.223 e. The van der Waals surface area contributed by atoms with E-state index in [9.17, 15) is 4.79 Å². The van der Waals surface area contributed by atoms with Gasteiger partial charge in [0.2, 0.25) is 5.91 Å². The molecule has 4 nitrogen and oxygen atoms in total. The van der Waals surface area contributed by atoms with Crippen molar-refractivity contribution in [3.05, 3.63) is 0 Å². The molecule has 0 unspecified atom stereocenters. The number of nitrogens with one attached hydrogen (secondary N) is 1. The van der Waals surface area contributed by atoms with Crippen molar-refractivity contribution in [1.29, 1.82) is 0 Å². The highest BCUT2D eigenvalue weighted by atomic mass is 32.1. The van der Waals surface area contributed by atoms with Gasteiger partial charge in [0.15, 0.2) is 0 Å². The molecule has 1 rings (SSSR count). The van der Waals surface area contributed by atoms with Gasteiger partial charge in [-0.25, -0.2) is 0 Å². The number of carbonyl (C=O) groups is 1. The number of amides is 1. The molecule has 0 radical (unpaired) electrons. The maximum Gasteiger partial charge on any atom is 0.223 e. The Morgan fingerprint density at radius 3 is 2.35 bits per heavy atom. The second-order valence-corrected chi connectivity index (χ2v) is 6.06. The third kappa shape index (κ3) is 5.75. The van der Waals surface area contributed by atoms with E-state index in [2.05, 4.69) is 12.2 Å². The van der Waals surface area contributed by atoms with Crippen molar-refractivity contribution in [1.82, 2.24) is 5.32 Å². The first-order chi connectivity index (χ1) is 9.60. The average molecular weight is 300 g/mol. The first kappa shape index (κ1) is 17.4. The summed E-state index contributed by atoms with van der Waals surface area (Å²) < 4.78 is 5.36. The van der Waals surface area contributed by atoms with E-state index in [1.807, 2.05) is 0 Å². The maximum atomic E-state index is 12.1. The number of carbonyl (C=O) groups excluding carboxylic acids is 1. The lowest BCUT2D eigenvalue weighted by molar-refractivity contribution is -0.123. The predicted octanol–water partition coefficient (Wildman–Crippen LogP) is 2.69. The number of thiocarbonyl (C=S) groups is 1. The molecule has 1 fully saturated rings. The Hall–Kier alpha value is -0.680. The molecule has 0 aliphatic heterocycles. The van der Waals surface area contributed by atoms with Crippen LogP contribution >= 0.6 is 12.2 Å². The van der Waals surface area contributed by atoms with Crippen molar-refractivity contribution in [2.75, 3.05) is 13.2 Å². The molecular formula is C15H28N2O2S. The fourth-order valence-corrected chi connectivity index (χ4v) is 2.94. The summed E-state index contributed by atoms with van der Waals surface area (Å²) in [5.74, 6) is -0.00511. The Morgan fingerprint density at radius 1 is 1.20 bits per heavy atom. The zero-order valence-electron chi connectivity index (χ0n) is 12.6. The van der Waals surface area contributed by atoms with Crippen LogP contribution in [0.1, 0.15) is 64.7 Å². The van der Waals surface area contributed by atoms with Crippen LogP contribution in [0.25, 0.3) is 0 Å². The third-order valence-corrected chi connectivity index (χ3v) is 4.27. The van der Waals surface area contributed by atoms with E-state index < -0.39 is 5.54 Å². The Labute approximate surface area is 127 Å². The first-order valence-electron chi connectivity index (χ1n) is 7.79. The van der Waals surface area contributed by atoms with Crippen LogP contribution < -0.4 is 11.1 Å². The van der Waals surface area contributed by atoms with Crippen molar-refractivity contribution in [2.45, 2.75) is 70.3 Å². The van der Waals surface area contributed by atoms with Crippen molar-refractivity contribution >= 4 is 23.1 Å². The van der Waals surface area contributed by atoms with E-state index >= 15 is 0 Å². The summed E-state index contributed by atoms with van der Waals surface area (Å²) in [6.45, 7) is 3.22. The van der Waals surface area contributed by atoms with Gasteiger partial charge in [-0.15, -0.1) is 0 Å².